The summed E-state index contributed by atoms with van der Waals surface area (Å²) in [4.78, 5) is 25.6. The van der Waals surface area contributed by atoms with Crippen molar-refractivity contribution in [3.8, 4) is 5.75 Å². The molecule has 2 aliphatic heterocycles. The van der Waals surface area contributed by atoms with E-state index in [4.69, 9.17) is 9.72 Å². The van der Waals surface area contributed by atoms with Gasteiger partial charge < -0.3 is 19.1 Å². The second-order valence-electron chi connectivity index (χ2n) is 12.0. The monoisotopic (exact) mass is 565 g/mol. The standard InChI is InChI=1S/C35H43N5O2/c1-26(2)30-8-4-6-10-32(30)38-20-22-39(23-21-38)35(41)28-16-18-37(19-17-28)25-34-36-31-9-5-7-11-33(31)40(34)24-27-12-14-29(42-3)15-13-27/h4-15,26,28H,16-25H2,1-3H3. The number of piperazine rings is 1. The molecule has 7 nitrogen and oxygen atoms in total. The van der Waals surface area contributed by atoms with Gasteiger partial charge in [0.2, 0.25) is 5.91 Å². The molecule has 0 N–H and O–H groups in total. The Labute approximate surface area is 249 Å². The van der Waals surface area contributed by atoms with Gasteiger partial charge in [-0.2, -0.15) is 0 Å². The normalized spacial score (nSPS) is 16.9. The van der Waals surface area contributed by atoms with Gasteiger partial charge in [-0.1, -0.05) is 56.3 Å². The third-order valence-electron chi connectivity index (χ3n) is 9.03. The summed E-state index contributed by atoms with van der Waals surface area (Å²) < 4.78 is 7.68. The van der Waals surface area contributed by atoms with Gasteiger partial charge in [-0.05, 0) is 73.3 Å². The van der Waals surface area contributed by atoms with Crippen LogP contribution in [0.5, 0.6) is 5.75 Å². The number of nitrogens with zero attached hydrogens (tertiary/aromatic N) is 5. The van der Waals surface area contributed by atoms with Gasteiger partial charge in [0.1, 0.15) is 11.6 Å². The van der Waals surface area contributed by atoms with Crippen molar-refractivity contribution in [2.24, 2.45) is 5.92 Å². The van der Waals surface area contributed by atoms with Gasteiger partial charge in [0, 0.05) is 44.3 Å². The molecule has 0 spiro atoms. The minimum atomic E-state index is 0.119. The van der Waals surface area contributed by atoms with Crippen LogP contribution in [0.15, 0.2) is 72.8 Å². The quantitative estimate of drug-likeness (QED) is 0.271. The summed E-state index contributed by atoms with van der Waals surface area (Å²) in [5.74, 6) is 2.90. The highest BCUT2D eigenvalue weighted by Gasteiger charge is 2.31. The van der Waals surface area contributed by atoms with E-state index < -0.39 is 0 Å². The first-order chi connectivity index (χ1) is 20.5. The Morgan fingerprint density at radius 2 is 1.55 bits per heavy atom. The first-order valence-electron chi connectivity index (χ1n) is 15.4. The molecule has 1 aromatic heterocycles. The molecule has 0 bridgehead atoms. The topological polar surface area (TPSA) is 53.8 Å². The molecule has 7 heteroatoms. The zero-order chi connectivity index (χ0) is 29.1. The van der Waals surface area contributed by atoms with E-state index in [1.807, 2.05) is 12.1 Å². The Morgan fingerprint density at radius 1 is 0.857 bits per heavy atom. The van der Waals surface area contributed by atoms with Crippen molar-refractivity contribution >= 4 is 22.6 Å². The van der Waals surface area contributed by atoms with Gasteiger partial charge in [0.25, 0.3) is 0 Å². The van der Waals surface area contributed by atoms with Crippen LogP contribution >= 0.6 is 0 Å². The molecule has 3 aromatic carbocycles. The van der Waals surface area contributed by atoms with Gasteiger partial charge in [-0.25, -0.2) is 4.98 Å². The molecular weight excluding hydrogens is 522 g/mol. The molecule has 4 aromatic rings. The Balaban J connectivity index is 1.06. The van der Waals surface area contributed by atoms with Crippen molar-refractivity contribution < 1.29 is 9.53 Å². The first kappa shape index (κ1) is 28.3. The van der Waals surface area contributed by atoms with Crippen molar-refractivity contribution in [3.63, 3.8) is 0 Å². The molecule has 2 saturated heterocycles. The van der Waals surface area contributed by atoms with Crippen LogP contribution in [0.2, 0.25) is 0 Å². The molecule has 0 radical (unpaired) electrons. The molecule has 0 atom stereocenters. The van der Waals surface area contributed by atoms with Gasteiger partial charge in [-0.15, -0.1) is 0 Å². The van der Waals surface area contributed by atoms with Crippen LogP contribution in [-0.2, 0) is 17.9 Å². The average molecular weight is 566 g/mol. The number of rotatable bonds is 8. The van der Waals surface area contributed by atoms with Crippen molar-refractivity contribution in [1.29, 1.82) is 0 Å². The fourth-order valence-corrected chi connectivity index (χ4v) is 6.56. The molecule has 3 heterocycles. The zero-order valence-corrected chi connectivity index (χ0v) is 25.2. The number of hydrogen-bond donors (Lipinski definition) is 0. The van der Waals surface area contributed by atoms with Crippen LogP contribution in [0, 0.1) is 5.92 Å². The third-order valence-corrected chi connectivity index (χ3v) is 9.03. The molecule has 0 aliphatic carbocycles. The van der Waals surface area contributed by atoms with E-state index in [9.17, 15) is 4.79 Å². The van der Waals surface area contributed by atoms with E-state index in [2.05, 4.69) is 93.8 Å². The number of hydrogen-bond acceptors (Lipinski definition) is 5. The number of carbonyl (C=O) groups is 1. The highest BCUT2D eigenvalue weighted by molar-refractivity contribution is 5.79. The lowest BCUT2D eigenvalue weighted by Gasteiger charge is -2.40. The smallest absolute Gasteiger partial charge is 0.225 e. The van der Waals surface area contributed by atoms with Crippen molar-refractivity contribution in [2.75, 3.05) is 51.3 Å². The molecule has 2 fully saturated rings. The summed E-state index contributed by atoms with van der Waals surface area (Å²) in [5.41, 5.74) is 6.12. The largest absolute Gasteiger partial charge is 0.497 e. The van der Waals surface area contributed by atoms with E-state index in [0.717, 1.165) is 87.8 Å². The van der Waals surface area contributed by atoms with Crippen LogP contribution < -0.4 is 9.64 Å². The molecule has 6 rings (SSSR count). The highest BCUT2D eigenvalue weighted by atomic mass is 16.5. The van der Waals surface area contributed by atoms with E-state index in [-0.39, 0.29) is 5.92 Å². The lowest BCUT2D eigenvalue weighted by Crippen LogP contribution is -2.51. The number of piperidine rings is 1. The number of imidazole rings is 1. The fourth-order valence-electron chi connectivity index (χ4n) is 6.56. The number of benzene rings is 3. The van der Waals surface area contributed by atoms with Crippen LogP contribution in [0.1, 0.15) is 49.6 Å². The lowest BCUT2D eigenvalue weighted by molar-refractivity contribution is -0.137. The number of aromatic nitrogens is 2. The van der Waals surface area contributed by atoms with Crippen LogP contribution in [0.3, 0.4) is 0 Å². The average Bonchev–Trinajstić information content (AvgIpc) is 3.37. The Hall–Kier alpha value is -3.84. The molecule has 0 unspecified atom stereocenters. The number of methoxy groups -OCH3 is 1. The molecule has 42 heavy (non-hydrogen) atoms. The van der Waals surface area contributed by atoms with E-state index in [0.29, 0.717) is 11.8 Å². The van der Waals surface area contributed by atoms with E-state index in [1.54, 1.807) is 7.11 Å². The van der Waals surface area contributed by atoms with E-state index in [1.165, 1.54) is 16.8 Å². The van der Waals surface area contributed by atoms with Gasteiger partial charge >= 0.3 is 0 Å². The van der Waals surface area contributed by atoms with Gasteiger partial charge in [0.05, 0.1) is 24.7 Å². The number of para-hydroxylation sites is 3. The summed E-state index contributed by atoms with van der Waals surface area (Å²) in [5, 5.41) is 0. The second kappa shape index (κ2) is 12.6. The Morgan fingerprint density at radius 3 is 2.26 bits per heavy atom. The summed E-state index contributed by atoms with van der Waals surface area (Å²) in [6.45, 7) is 11.3. The zero-order valence-electron chi connectivity index (χ0n) is 25.2. The van der Waals surface area contributed by atoms with Gasteiger partial charge in [-0.3, -0.25) is 9.69 Å². The SMILES string of the molecule is COc1ccc(Cn2c(CN3CCC(C(=O)N4CCN(c5ccccc5C(C)C)CC4)CC3)nc3ccccc32)cc1. The van der Waals surface area contributed by atoms with Gasteiger partial charge in [0.15, 0.2) is 0 Å². The van der Waals surface area contributed by atoms with Crippen molar-refractivity contribution in [3.05, 3.63) is 89.7 Å². The first-order valence-corrected chi connectivity index (χ1v) is 15.4. The predicted octanol–water partition coefficient (Wildman–Crippen LogP) is 5.78. The molecule has 2 aliphatic rings. The minimum absolute atomic E-state index is 0.119. The van der Waals surface area contributed by atoms with E-state index >= 15 is 0 Å². The fraction of sp³-hybridized carbons (Fsp3) is 0.429. The van der Waals surface area contributed by atoms with Crippen LogP contribution in [0.25, 0.3) is 11.0 Å². The summed E-state index contributed by atoms with van der Waals surface area (Å²) in [6, 6.07) is 25.4. The minimum Gasteiger partial charge on any atom is -0.497 e. The maximum atomic E-state index is 13.5. The molecule has 220 valence electrons. The number of anilines is 1. The maximum absolute atomic E-state index is 13.5. The predicted molar refractivity (Wildman–Crippen MR) is 169 cm³/mol. The van der Waals surface area contributed by atoms with Crippen LogP contribution in [0.4, 0.5) is 5.69 Å². The second-order valence-corrected chi connectivity index (χ2v) is 12.0. The molecular formula is C35H43N5O2. The number of fused-ring (bicyclic) bond motifs is 1. The van der Waals surface area contributed by atoms with Crippen LogP contribution in [-0.4, -0.2) is 71.6 Å². The third kappa shape index (κ3) is 6.02. The number of likely N-dealkylation sites (tertiary alicyclic amines) is 1. The molecule has 1 amide bonds. The number of carbonyl (C=O) groups excluding carboxylic acids is 1. The Bertz CT molecular complexity index is 1500. The summed E-state index contributed by atoms with van der Waals surface area (Å²) >= 11 is 0. The van der Waals surface area contributed by atoms with Crippen molar-refractivity contribution in [2.45, 2.75) is 45.7 Å². The summed E-state index contributed by atoms with van der Waals surface area (Å²) in [6.07, 6.45) is 1.82. The number of ether oxygens (including phenoxy) is 1. The number of amides is 1. The summed E-state index contributed by atoms with van der Waals surface area (Å²) in [7, 11) is 1.70. The highest BCUT2D eigenvalue weighted by Crippen LogP contribution is 2.29. The maximum Gasteiger partial charge on any atom is 0.225 e. The molecule has 0 saturated carbocycles. The van der Waals surface area contributed by atoms with Crippen molar-refractivity contribution in [1.82, 2.24) is 19.4 Å². The Kier molecular flexibility index (Phi) is 8.47. The lowest BCUT2D eigenvalue weighted by atomic mass is 9.94.